The van der Waals surface area contributed by atoms with Gasteiger partial charge in [-0.2, -0.15) is 0 Å². The van der Waals surface area contributed by atoms with E-state index in [9.17, 15) is 9.90 Å². The van der Waals surface area contributed by atoms with Crippen molar-refractivity contribution in [1.29, 1.82) is 0 Å². The first kappa shape index (κ1) is 17.3. The predicted molar refractivity (Wildman–Crippen MR) is 80.7 cm³/mol. The molecule has 1 aromatic carbocycles. The van der Waals surface area contributed by atoms with Crippen LogP contribution in [0.2, 0.25) is 0 Å². The molecule has 1 amide bonds. The van der Waals surface area contributed by atoms with Gasteiger partial charge in [0.2, 0.25) is 5.91 Å². The second kappa shape index (κ2) is 10.0. The van der Waals surface area contributed by atoms with Crippen LogP contribution >= 0.6 is 0 Å². The fraction of sp³-hybridized carbons (Fsp3) is 0.533. The number of carbonyl (C=O) groups excluding carboxylic acids is 1. The van der Waals surface area contributed by atoms with Crippen molar-refractivity contribution in [2.75, 3.05) is 33.4 Å². The summed E-state index contributed by atoms with van der Waals surface area (Å²) in [6.07, 6.45) is 0.220. The van der Waals surface area contributed by atoms with Crippen LogP contribution in [0.5, 0.6) is 11.5 Å². The second-order valence-electron chi connectivity index (χ2n) is 4.62. The highest BCUT2D eigenvalue weighted by Gasteiger charge is 2.07. The lowest BCUT2D eigenvalue weighted by atomic mass is 10.3. The smallest absolute Gasteiger partial charge is 0.233 e. The van der Waals surface area contributed by atoms with Crippen LogP contribution in [0.25, 0.3) is 0 Å². The van der Waals surface area contributed by atoms with Crippen molar-refractivity contribution in [3.8, 4) is 11.5 Å². The summed E-state index contributed by atoms with van der Waals surface area (Å²) in [4.78, 5) is 11.3. The normalized spacial score (nSPS) is 11.8. The van der Waals surface area contributed by atoms with E-state index in [0.717, 1.165) is 6.42 Å². The monoisotopic (exact) mass is 296 g/mol. The van der Waals surface area contributed by atoms with E-state index in [1.54, 1.807) is 19.2 Å². The summed E-state index contributed by atoms with van der Waals surface area (Å²) < 4.78 is 10.5. The molecule has 21 heavy (non-hydrogen) atoms. The number of amides is 1. The molecule has 0 spiro atoms. The highest BCUT2D eigenvalue weighted by molar-refractivity contribution is 5.77. The zero-order chi connectivity index (χ0) is 15.5. The van der Waals surface area contributed by atoms with Gasteiger partial charge in [-0.3, -0.25) is 4.79 Å². The number of nitrogens with one attached hydrogen (secondary N) is 2. The third-order valence-electron chi connectivity index (χ3n) is 2.72. The predicted octanol–water partition coefficient (Wildman–Crippen LogP) is 0.551. The van der Waals surface area contributed by atoms with Gasteiger partial charge in [0, 0.05) is 19.2 Å². The molecule has 118 valence electrons. The van der Waals surface area contributed by atoms with Crippen LogP contribution < -0.4 is 20.1 Å². The lowest BCUT2D eigenvalue weighted by Gasteiger charge is -2.13. The van der Waals surface area contributed by atoms with Crippen molar-refractivity contribution in [3.05, 3.63) is 24.3 Å². The molecule has 0 aromatic heterocycles. The van der Waals surface area contributed by atoms with Gasteiger partial charge in [0.15, 0.2) is 0 Å². The summed E-state index contributed by atoms with van der Waals surface area (Å²) in [7, 11) is 1.58. The van der Waals surface area contributed by atoms with E-state index in [1.807, 2.05) is 19.1 Å². The van der Waals surface area contributed by atoms with Gasteiger partial charge in [-0.05, 0) is 18.6 Å². The molecular weight excluding hydrogens is 272 g/mol. The van der Waals surface area contributed by atoms with Crippen molar-refractivity contribution in [3.63, 3.8) is 0 Å². The van der Waals surface area contributed by atoms with E-state index in [-0.39, 0.29) is 19.1 Å². The number of benzene rings is 1. The first-order valence-electron chi connectivity index (χ1n) is 7.08. The molecule has 0 aliphatic heterocycles. The van der Waals surface area contributed by atoms with Gasteiger partial charge in [0.25, 0.3) is 0 Å². The third kappa shape index (κ3) is 7.53. The van der Waals surface area contributed by atoms with Gasteiger partial charge in [0.05, 0.1) is 13.7 Å². The third-order valence-corrected chi connectivity index (χ3v) is 2.72. The molecule has 0 saturated heterocycles. The maximum absolute atomic E-state index is 11.3. The Morgan fingerprint density at radius 3 is 2.86 bits per heavy atom. The zero-order valence-electron chi connectivity index (χ0n) is 12.6. The Labute approximate surface area is 125 Å². The van der Waals surface area contributed by atoms with Crippen molar-refractivity contribution in [2.45, 2.75) is 19.4 Å². The molecule has 0 fully saturated rings. The second-order valence-corrected chi connectivity index (χ2v) is 4.62. The maximum Gasteiger partial charge on any atom is 0.233 e. The lowest BCUT2D eigenvalue weighted by molar-refractivity contribution is -0.120. The minimum Gasteiger partial charge on any atom is -0.497 e. The quantitative estimate of drug-likeness (QED) is 0.587. The molecule has 6 heteroatoms. The fourth-order valence-corrected chi connectivity index (χ4v) is 1.62. The summed E-state index contributed by atoms with van der Waals surface area (Å²) in [6.45, 7) is 3.30. The molecule has 0 bridgehead atoms. The van der Waals surface area contributed by atoms with Crippen LogP contribution in [-0.2, 0) is 4.79 Å². The Balaban J connectivity index is 2.18. The Kier molecular flexibility index (Phi) is 8.23. The molecule has 3 N–H and O–H groups in total. The molecule has 0 heterocycles. The summed E-state index contributed by atoms with van der Waals surface area (Å²) in [5.41, 5.74) is 0. The number of aliphatic hydroxyl groups is 1. The molecule has 0 saturated carbocycles. The minimum atomic E-state index is -0.685. The molecule has 1 atom stereocenters. The van der Waals surface area contributed by atoms with Crippen molar-refractivity contribution >= 4 is 5.91 Å². The molecule has 0 aliphatic rings. The number of hydrogen-bond acceptors (Lipinski definition) is 5. The average Bonchev–Trinajstić information content (AvgIpc) is 2.51. The summed E-state index contributed by atoms with van der Waals surface area (Å²) in [5, 5.41) is 15.4. The summed E-state index contributed by atoms with van der Waals surface area (Å²) >= 11 is 0. The van der Waals surface area contributed by atoms with E-state index >= 15 is 0 Å². The van der Waals surface area contributed by atoms with Crippen LogP contribution in [0.15, 0.2) is 24.3 Å². The van der Waals surface area contributed by atoms with Gasteiger partial charge >= 0.3 is 0 Å². The Morgan fingerprint density at radius 1 is 1.38 bits per heavy atom. The van der Waals surface area contributed by atoms with Gasteiger partial charge in [0.1, 0.15) is 24.2 Å². The fourth-order valence-electron chi connectivity index (χ4n) is 1.62. The van der Waals surface area contributed by atoms with Crippen LogP contribution in [-0.4, -0.2) is 50.5 Å². The molecule has 0 aliphatic carbocycles. The number of carbonyl (C=O) groups is 1. The SMILES string of the molecule is CCCNC(=O)CNCC(O)COc1cccc(OC)c1. The van der Waals surface area contributed by atoms with Crippen LogP contribution in [0.3, 0.4) is 0 Å². The topological polar surface area (TPSA) is 79.8 Å². The number of rotatable bonds is 10. The highest BCUT2D eigenvalue weighted by atomic mass is 16.5. The number of aliphatic hydroxyl groups excluding tert-OH is 1. The number of ether oxygens (including phenoxy) is 2. The molecule has 0 radical (unpaired) electrons. The standard InChI is InChI=1S/C15H24N2O4/c1-3-7-17-15(19)10-16-9-12(18)11-21-14-6-4-5-13(8-14)20-2/h4-6,8,12,16,18H,3,7,9-11H2,1-2H3,(H,17,19). The first-order valence-corrected chi connectivity index (χ1v) is 7.08. The molecule has 6 nitrogen and oxygen atoms in total. The largest absolute Gasteiger partial charge is 0.497 e. The van der Waals surface area contributed by atoms with Gasteiger partial charge in [-0.25, -0.2) is 0 Å². The van der Waals surface area contributed by atoms with E-state index in [0.29, 0.717) is 24.6 Å². The van der Waals surface area contributed by atoms with E-state index < -0.39 is 6.10 Å². The summed E-state index contributed by atoms with van der Waals surface area (Å²) in [6, 6.07) is 7.18. The van der Waals surface area contributed by atoms with Gasteiger partial charge < -0.3 is 25.2 Å². The van der Waals surface area contributed by atoms with Gasteiger partial charge in [-0.15, -0.1) is 0 Å². The first-order chi connectivity index (χ1) is 10.2. The van der Waals surface area contributed by atoms with E-state index in [2.05, 4.69) is 10.6 Å². The zero-order valence-corrected chi connectivity index (χ0v) is 12.6. The van der Waals surface area contributed by atoms with Crippen LogP contribution in [0.1, 0.15) is 13.3 Å². The minimum absolute atomic E-state index is 0.0715. The highest BCUT2D eigenvalue weighted by Crippen LogP contribution is 2.18. The molecular formula is C15H24N2O4. The molecule has 1 rings (SSSR count). The van der Waals surface area contributed by atoms with E-state index in [4.69, 9.17) is 9.47 Å². The number of hydrogen-bond donors (Lipinski definition) is 3. The van der Waals surface area contributed by atoms with Crippen molar-refractivity contribution in [1.82, 2.24) is 10.6 Å². The van der Waals surface area contributed by atoms with Crippen molar-refractivity contribution in [2.24, 2.45) is 0 Å². The maximum atomic E-state index is 11.3. The molecule has 1 aromatic rings. The average molecular weight is 296 g/mol. The lowest BCUT2D eigenvalue weighted by Crippen LogP contribution is -2.39. The van der Waals surface area contributed by atoms with Crippen LogP contribution in [0, 0.1) is 0 Å². The number of methoxy groups -OCH3 is 1. The molecule has 1 unspecified atom stereocenters. The van der Waals surface area contributed by atoms with Gasteiger partial charge in [-0.1, -0.05) is 13.0 Å². The summed E-state index contributed by atoms with van der Waals surface area (Å²) in [5.74, 6) is 1.26. The Morgan fingerprint density at radius 2 is 2.14 bits per heavy atom. The Bertz CT molecular complexity index is 426. The Hall–Kier alpha value is -1.79. The van der Waals surface area contributed by atoms with Crippen LogP contribution in [0.4, 0.5) is 0 Å². The van der Waals surface area contributed by atoms with E-state index in [1.165, 1.54) is 0 Å². The van der Waals surface area contributed by atoms with Crippen molar-refractivity contribution < 1.29 is 19.4 Å².